The van der Waals surface area contributed by atoms with Gasteiger partial charge in [-0.1, -0.05) is 37.7 Å². The van der Waals surface area contributed by atoms with Crippen LogP contribution in [0.15, 0.2) is 40.7 Å². The van der Waals surface area contributed by atoms with Crippen LogP contribution in [0.4, 0.5) is 11.6 Å². The highest BCUT2D eigenvalue weighted by molar-refractivity contribution is 7.98. The van der Waals surface area contributed by atoms with Crippen molar-refractivity contribution >= 4 is 29.3 Å². The fraction of sp³-hybridized carbons (Fsp3) is 0.421. The Hall–Kier alpha value is -2.48. The number of anilines is 2. The van der Waals surface area contributed by atoms with Crippen molar-refractivity contribution in [3.05, 3.63) is 35.5 Å². The third-order valence-corrected chi connectivity index (χ3v) is 4.96. The Labute approximate surface area is 163 Å². The summed E-state index contributed by atoms with van der Waals surface area (Å²) in [6.45, 7) is 6.18. The van der Waals surface area contributed by atoms with E-state index in [4.69, 9.17) is 4.74 Å². The molecule has 1 aliphatic heterocycles. The summed E-state index contributed by atoms with van der Waals surface area (Å²) in [7, 11) is 1.59. The summed E-state index contributed by atoms with van der Waals surface area (Å²) in [6.07, 6.45) is 2.73. The van der Waals surface area contributed by atoms with E-state index in [0.717, 1.165) is 12.1 Å². The van der Waals surface area contributed by atoms with E-state index in [1.807, 2.05) is 42.1 Å². The van der Waals surface area contributed by atoms with Crippen LogP contribution in [0.1, 0.15) is 33.2 Å². The number of hydrogen-bond acceptors (Lipinski definition) is 6. The van der Waals surface area contributed by atoms with Crippen LogP contribution in [0.25, 0.3) is 0 Å². The molecule has 1 amide bonds. The molecule has 2 aromatic rings. The zero-order valence-corrected chi connectivity index (χ0v) is 17.1. The van der Waals surface area contributed by atoms with Crippen molar-refractivity contribution < 1.29 is 9.53 Å². The number of nitrogens with one attached hydrogen (secondary N) is 2. The number of para-hydroxylation sites is 2. The van der Waals surface area contributed by atoms with Crippen LogP contribution in [-0.2, 0) is 4.79 Å². The fourth-order valence-electron chi connectivity index (χ4n) is 3.22. The van der Waals surface area contributed by atoms with E-state index in [0.29, 0.717) is 34.0 Å². The predicted octanol–water partition coefficient (Wildman–Crippen LogP) is 3.93. The lowest BCUT2D eigenvalue weighted by Gasteiger charge is -2.29. The number of hydrogen-bond donors (Lipinski definition) is 2. The first-order valence-corrected chi connectivity index (χ1v) is 10.1. The molecule has 2 N–H and O–H groups in total. The first-order chi connectivity index (χ1) is 12.9. The molecule has 0 fully saturated rings. The van der Waals surface area contributed by atoms with Gasteiger partial charge >= 0.3 is 0 Å². The van der Waals surface area contributed by atoms with Gasteiger partial charge in [0.05, 0.1) is 24.4 Å². The molecule has 0 spiro atoms. The second kappa shape index (κ2) is 8.04. The van der Waals surface area contributed by atoms with Gasteiger partial charge in [-0.2, -0.15) is 4.98 Å². The largest absolute Gasteiger partial charge is 0.495 e. The zero-order valence-electron chi connectivity index (χ0n) is 16.2. The topological polar surface area (TPSA) is 81.1 Å². The first kappa shape index (κ1) is 19.3. The molecular weight excluding hydrogens is 362 g/mol. The highest BCUT2D eigenvalue weighted by Gasteiger charge is 2.33. The van der Waals surface area contributed by atoms with E-state index >= 15 is 0 Å². The predicted molar refractivity (Wildman–Crippen MR) is 108 cm³/mol. The summed E-state index contributed by atoms with van der Waals surface area (Å²) < 4.78 is 7.18. The molecular formula is C19H25N5O2S. The summed E-state index contributed by atoms with van der Waals surface area (Å²) in [4.78, 5) is 17.7. The fourth-order valence-corrected chi connectivity index (χ4v) is 3.57. The third-order valence-electron chi connectivity index (χ3n) is 4.42. The molecule has 0 bridgehead atoms. The second-order valence-corrected chi connectivity index (χ2v) is 7.60. The number of ether oxygens (including phenoxy) is 1. The molecule has 2 heterocycles. The maximum atomic E-state index is 13.2. The summed E-state index contributed by atoms with van der Waals surface area (Å²) in [6, 6.07) is 7.21. The lowest BCUT2D eigenvalue weighted by molar-refractivity contribution is -0.113. The molecule has 0 saturated carbocycles. The van der Waals surface area contributed by atoms with E-state index in [-0.39, 0.29) is 11.9 Å². The number of fused-ring (bicyclic) bond motifs is 1. The van der Waals surface area contributed by atoms with Gasteiger partial charge in [0.2, 0.25) is 11.1 Å². The number of methoxy groups -OCH3 is 1. The van der Waals surface area contributed by atoms with E-state index < -0.39 is 0 Å². The quantitative estimate of drug-likeness (QED) is 0.731. The summed E-state index contributed by atoms with van der Waals surface area (Å²) >= 11 is 1.48. The number of amides is 1. The molecule has 0 saturated heterocycles. The van der Waals surface area contributed by atoms with Gasteiger partial charge in [0.1, 0.15) is 5.75 Å². The SMILES string of the molecule is COc1ccccc1NC(=O)C1=C(C)Nc2nc(SC)nn2[C@@H]1CC(C)C. The minimum atomic E-state index is -0.177. The first-order valence-electron chi connectivity index (χ1n) is 8.87. The molecule has 0 aliphatic carbocycles. The van der Waals surface area contributed by atoms with Crippen LogP contribution >= 0.6 is 11.8 Å². The van der Waals surface area contributed by atoms with E-state index in [1.165, 1.54) is 11.8 Å². The molecule has 0 unspecified atom stereocenters. The molecule has 1 aliphatic rings. The molecule has 8 heteroatoms. The van der Waals surface area contributed by atoms with Crippen molar-refractivity contribution in [1.82, 2.24) is 14.8 Å². The van der Waals surface area contributed by atoms with Crippen molar-refractivity contribution in [3.63, 3.8) is 0 Å². The molecule has 1 aromatic heterocycles. The Kier molecular flexibility index (Phi) is 5.74. The average molecular weight is 388 g/mol. The number of benzene rings is 1. The van der Waals surface area contributed by atoms with Gasteiger partial charge in [0, 0.05) is 5.70 Å². The van der Waals surface area contributed by atoms with E-state index in [2.05, 4.69) is 34.6 Å². The zero-order chi connectivity index (χ0) is 19.6. The van der Waals surface area contributed by atoms with Gasteiger partial charge in [-0.15, -0.1) is 5.10 Å². The lowest BCUT2D eigenvalue weighted by Crippen LogP contribution is -2.31. The molecule has 27 heavy (non-hydrogen) atoms. The maximum Gasteiger partial charge on any atom is 0.255 e. The molecule has 144 valence electrons. The number of aromatic nitrogens is 3. The van der Waals surface area contributed by atoms with Crippen molar-refractivity contribution in [2.24, 2.45) is 5.92 Å². The van der Waals surface area contributed by atoms with E-state index in [1.54, 1.807) is 7.11 Å². The smallest absolute Gasteiger partial charge is 0.255 e. The van der Waals surface area contributed by atoms with Crippen LogP contribution in [-0.4, -0.2) is 34.0 Å². The number of carbonyl (C=O) groups excluding carboxylic acids is 1. The molecule has 7 nitrogen and oxygen atoms in total. The minimum Gasteiger partial charge on any atom is -0.495 e. The summed E-state index contributed by atoms with van der Waals surface area (Å²) in [5.74, 6) is 1.53. The van der Waals surface area contributed by atoms with Gasteiger partial charge in [-0.25, -0.2) is 4.68 Å². The Bertz CT molecular complexity index is 875. The monoisotopic (exact) mass is 387 g/mol. The number of thioether (sulfide) groups is 1. The minimum absolute atomic E-state index is 0.165. The average Bonchev–Trinajstić information content (AvgIpc) is 3.04. The Morgan fingerprint density at radius 2 is 2.15 bits per heavy atom. The van der Waals surface area contributed by atoms with E-state index in [9.17, 15) is 4.79 Å². The maximum absolute atomic E-state index is 13.2. The lowest BCUT2D eigenvalue weighted by atomic mass is 9.94. The molecule has 1 atom stereocenters. The second-order valence-electron chi connectivity index (χ2n) is 6.83. The normalized spacial score (nSPS) is 16.1. The molecule has 0 radical (unpaired) electrons. The molecule has 1 aromatic carbocycles. The van der Waals surface area contributed by atoms with Crippen LogP contribution in [0.3, 0.4) is 0 Å². The van der Waals surface area contributed by atoms with Crippen molar-refractivity contribution in [2.45, 2.75) is 38.4 Å². The Balaban J connectivity index is 1.96. The van der Waals surface area contributed by atoms with Gasteiger partial charge < -0.3 is 15.4 Å². The standard InChI is InChI=1S/C19H25N5O2S/c1-11(2)10-14-16(12(3)20-18-22-19(27-5)23-24(14)18)17(25)21-13-8-6-7-9-15(13)26-4/h6-9,11,14H,10H2,1-5H3,(H,21,25)(H,20,22,23)/t14-/m1/s1. The Morgan fingerprint density at radius 1 is 1.41 bits per heavy atom. The van der Waals surface area contributed by atoms with Gasteiger partial charge in [0.15, 0.2) is 0 Å². The number of rotatable bonds is 6. The van der Waals surface area contributed by atoms with Crippen LogP contribution in [0.5, 0.6) is 5.75 Å². The Morgan fingerprint density at radius 3 is 2.81 bits per heavy atom. The number of nitrogens with zero attached hydrogens (tertiary/aromatic N) is 3. The van der Waals surface area contributed by atoms with Crippen LogP contribution in [0.2, 0.25) is 0 Å². The van der Waals surface area contributed by atoms with Gasteiger partial charge in [-0.3, -0.25) is 4.79 Å². The van der Waals surface area contributed by atoms with Crippen molar-refractivity contribution in [3.8, 4) is 5.75 Å². The third kappa shape index (κ3) is 3.95. The van der Waals surface area contributed by atoms with Gasteiger partial charge in [-0.05, 0) is 37.7 Å². The number of allylic oxidation sites excluding steroid dienone is 1. The van der Waals surface area contributed by atoms with Crippen LogP contribution < -0.4 is 15.4 Å². The molecule has 3 rings (SSSR count). The number of carbonyl (C=O) groups is 1. The van der Waals surface area contributed by atoms with Crippen molar-refractivity contribution in [2.75, 3.05) is 24.0 Å². The van der Waals surface area contributed by atoms with Crippen molar-refractivity contribution in [1.29, 1.82) is 0 Å². The van der Waals surface area contributed by atoms with Crippen LogP contribution in [0, 0.1) is 5.92 Å². The highest BCUT2D eigenvalue weighted by atomic mass is 32.2. The summed E-state index contributed by atoms with van der Waals surface area (Å²) in [5, 5.41) is 11.5. The van der Waals surface area contributed by atoms with Gasteiger partial charge in [0.25, 0.3) is 5.91 Å². The summed E-state index contributed by atoms with van der Waals surface area (Å²) in [5.41, 5.74) is 2.10. The highest BCUT2D eigenvalue weighted by Crippen LogP contribution is 2.36.